The van der Waals surface area contributed by atoms with Crippen LogP contribution < -0.4 is 43.0 Å². The highest BCUT2D eigenvalue weighted by Gasteiger charge is 2.35. The average molecular weight is 872 g/mol. The van der Waals surface area contributed by atoms with Gasteiger partial charge >= 0.3 is 0 Å². The molecule has 1 fully saturated rings. The summed E-state index contributed by atoms with van der Waals surface area (Å²) in [7, 11) is 1.69. The number of aromatic nitrogens is 1. The molecule has 1 saturated heterocycles. The van der Waals surface area contributed by atoms with Crippen molar-refractivity contribution in [2.24, 2.45) is 5.73 Å². The van der Waals surface area contributed by atoms with E-state index in [1.165, 1.54) is 11.8 Å². The smallest absolute Gasteiger partial charge is 0.245 e. The number of H-pyrrole nitrogens is 1. The van der Waals surface area contributed by atoms with Crippen LogP contribution in [-0.2, 0) is 46.4 Å². The van der Waals surface area contributed by atoms with Gasteiger partial charge in [-0.15, -0.1) is 0 Å². The van der Waals surface area contributed by atoms with Gasteiger partial charge in [0, 0.05) is 56.5 Å². The molecule has 11 N–H and O–H groups in total. The molecule has 18 nitrogen and oxygen atoms in total. The molecular formula is C45H65N11O7. The third-order valence-corrected chi connectivity index (χ3v) is 11.2. The summed E-state index contributed by atoms with van der Waals surface area (Å²) in [6, 6.07) is 11.5. The third kappa shape index (κ3) is 15.5. The molecular weight excluding hydrogens is 807 g/mol. The van der Waals surface area contributed by atoms with Gasteiger partial charge in [-0.05, 0) is 69.2 Å². The molecule has 18 heteroatoms. The number of fused-ring (bicyclic) bond motifs is 1. The first kappa shape index (κ1) is 49.4. The highest BCUT2D eigenvalue weighted by atomic mass is 16.2. The molecule has 4 rings (SSSR count). The van der Waals surface area contributed by atoms with Crippen LogP contribution in [0.5, 0.6) is 0 Å². The number of nitrogens with one attached hydrogen (secondary N) is 9. The van der Waals surface area contributed by atoms with Crippen LogP contribution in [0.2, 0.25) is 0 Å². The first-order chi connectivity index (χ1) is 30.3. The molecule has 3 unspecified atom stereocenters. The zero-order valence-electron chi connectivity index (χ0n) is 36.6. The maximum Gasteiger partial charge on any atom is 0.245 e. The Morgan fingerprint density at radius 2 is 1.38 bits per heavy atom. The van der Waals surface area contributed by atoms with E-state index < -0.39 is 65.8 Å². The maximum absolute atomic E-state index is 14.2. The van der Waals surface area contributed by atoms with Crippen molar-refractivity contribution >= 4 is 58.6 Å². The summed E-state index contributed by atoms with van der Waals surface area (Å²) in [5, 5.41) is 28.3. The van der Waals surface area contributed by atoms with Crippen molar-refractivity contribution in [3.63, 3.8) is 0 Å². The number of para-hydroxylation sites is 1. The highest BCUT2D eigenvalue weighted by molar-refractivity contribution is 5.95. The largest absolute Gasteiger partial charge is 0.370 e. The highest BCUT2D eigenvalue weighted by Crippen LogP contribution is 2.20. The van der Waals surface area contributed by atoms with E-state index in [4.69, 9.17) is 11.1 Å². The molecule has 1 aliphatic heterocycles. The van der Waals surface area contributed by atoms with Crippen LogP contribution in [-0.4, -0.2) is 121 Å². The minimum absolute atomic E-state index is 0.0591. The molecule has 0 bridgehead atoms. The van der Waals surface area contributed by atoms with Crippen molar-refractivity contribution in [3.05, 3.63) is 71.9 Å². The molecule has 3 aromatic rings. The van der Waals surface area contributed by atoms with E-state index in [-0.39, 0.29) is 57.1 Å². The second-order valence-corrected chi connectivity index (χ2v) is 16.0. The predicted octanol–water partition coefficient (Wildman–Crippen LogP) is 1.04. The lowest BCUT2D eigenvalue weighted by Crippen LogP contribution is -2.57. The number of nitrogens with zero attached hydrogens (tertiary/aromatic N) is 1. The van der Waals surface area contributed by atoms with Gasteiger partial charge in [0.2, 0.25) is 35.4 Å². The van der Waals surface area contributed by atoms with Gasteiger partial charge in [0.15, 0.2) is 5.96 Å². The second-order valence-electron chi connectivity index (χ2n) is 16.0. The summed E-state index contributed by atoms with van der Waals surface area (Å²) in [6.07, 6.45) is 7.07. The van der Waals surface area contributed by atoms with Crippen LogP contribution in [0.25, 0.3) is 10.9 Å². The van der Waals surface area contributed by atoms with Crippen LogP contribution in [0.15, 0.2) is 60.8 Å². The summed E-state index contributed by atoms with van der Waals surface area (Å²) < 4.78 is 0. The Morgan fingerprint density at radius 3 is 2.05 bits per heavy atom. The normalized spacial score (nSPS) is 15.9. The van der Waals surface area contributed by atoms with Crippen molar-refractivity contribution in [1.82, 2.24) is 47.1 Å². The zero-order chi connectivity index (χ0) is 45.7. The number of hydrogen-bond donors (Lipinski definition) is 10. The van der Waals surface area contributed by atoms with E-state index >= 15 is 0 Å². The first-order valence-corrected chi connectivity index (χ1v) is 21.9. The number of guanidine groups is 1. The fourth-order valence-electron chi connectivity index (χ4n) is 7.77. The van der Waals surface area contributed by atoms with Crippen LogP contribution in [0.4, 0.5) is 0 Å². The molecule has 342 valence electrons. The quantitative estimate of drug-likeness (QED) is 0.0237. The predicted molar refractivity (Wildman–Crippen MR) is 240 cm³/mol. The Labute approximate surface area is 368 Å². The van der Waals surface area contributed by atoms with Gasteiger partial charge in [-0.25, -0.2) is 0 Å². The van der Waals surface area contributed by atoms with E-state index in [9.17, 15) is 33.6 Å². The summed E-state index contributed by atoms with van der Waals surface area (Å²) >= 11 is 0. The minimum Gasteiger partial charge on any atom is -0.370 e. The number of aromatic amines is 1. The number of benzene rings is 2. The Morgan fingerprint density at radius 1 is 0.778 bits per heavy atom. The molecule has 0 spiro atoms. The fourth-order valence-corrected chi connectivity index (χ4v) is 7.77. The van der Waals surface area contributed by atoms with Crippen LogP contribution in [0.1, 0.15) is 82.8 Å². The van der Waals surface area contributed by atoms with E-state index in [0.29, 0.717) is 32.2 Å². The van der Waals surface area contributed by atoms with Gasteiger partial charge in [-0.3, -0.25) is 34.2 Å². The number of hydrogen-bond acceptors (Lipinski definition) is 9. The monoisotopic (exact) mass is 872 g/mol. The summed E-state index contributed by atoms with van der Waals surface area (Å²) in [5.41, 5.74) is 7.96. The number of rotatable bonds is 26. The topological polar surface area (TPSA) is 273 Å². The molecule has 0 aliphatic carbocycles. The van der Waals surface area contributed by atoms with Crippen LogP contribution in [0.3, 0.4) is 0 Å². The van der Waals surface area contributed by atoms with Gasteiger partial charge in [0.05, 0.1) is 12.1 Å². The van der Waals surface area contributed by atoms with E-state index in [0.717, 1.165) is 41.2 Å². The molecule has 0 saturated carbocycles. The average Bonchev–Trinajstić information content (AvgIpc) is 3.92. The molecule has 2 heterocycles. The van der Waals surface area contributed by atoms with E-state index in [2.05, 4.69) is 42.2 Å². The molecule has 63 heavy (non-hydrogen) atoms. The zero-order valence-corrected chi connectivity index (χ0v) is 36.6. The number of likely N-dealkylation sites (N-methyl/N-ethyl adjacent to an activating group) is 1. The first-order valence-electron chi connectivity index (χ1n) is 21.9. The van der Waals surface area contributed by atoms with Crippen molar-refractivity contribution in [2.75, 3.05) is 26.7 Å². The standard InChI is InChI=1S/C45H65N11O7/c1-4-5-18-35(48-3)41(60)55-39(26-31-27-51-34-19-10-9-17-33(31)34)43(62)53-36(20-11-23-50-45(46)47)40(59)49-22-12-21-37(44(63)56-24-13-16-32(56)28-57)54-42(61)38(52-29(2)58)25-30-14-7-6-8-15-30/h6-10,14-15,17,19,27-28,32,35-39,48,51H,4-5,11-13,16,18,20-26H2,1-3H3,(H,49,59)(H,52,58)(H,53,62)(H,54,61)(H,55,60)(H4,46,47,50)/t32?,35-,36?,37+,38+,39?/m1/s1. The van der Waals surface area contributed by atoms with Crippen molar-refractivity contribution in [3.8, 4) is 0 Å². The Balaban J connectivity index is 1.49. The molecule has 1 aliphatic rings. The van der Waals surface area contributed by atoms with Crippen molar-refractivity contribution in [2.45, 2.75) is 121 Å². The van der Waals surface area contributed by atoms with Crippen LogP contribution >= 0.6 is 0 Å². The van der Waals surface area contributed by atoms with Gasteiger partial charge in [-0.1, -0.05) is 68.3 Å². The number of carbonyl (C=O) groups is 7. The molecule has 2 aromatic carbocycles. The van der Waals surface area contributed by atoms with Crippen molar-refractivity contribution in [1.29, 1.82) is 5.41 Å². The number of aldehydes is 1. The molecule has 1 aromatic heterocycles. The fraction of sp³-hybridized carbons (Fsp3) is 0.511. The lowest BCUT2D eigenvalue weighted by atomic mass is 10.0. The summed E-state index contributed by atoms with van der Waals surface area (Å²) in [6.45, 7) is 4.00. The van der Waals surface area contributed by atoms with E-state index in [1.807, 2.05) is 61.5 Å². The molecule has 6 amide bonds. The third-order valence-electron chi connectivity index (χ3n) is 11.2. The van der Waals surface area contributed by atoms with E-state index in [1.54, 1.807) is 13.2 Å². The summed E-state index contributed by atoms with van der Waals surface area (Å²) in [5.74, 6) is -3.08. The van der Waals surface area contributed by atoms with Gasteiger partial charge in [-0.2, -0.15) is 0 Å². The lowest BCUT2D eigenvalue weighted by molar-refractivity contribution is -0.139. The molecule has 6 atom stereocenters. The number of likely N-dealkylation sites (tertiary alicyclic amines) is 1. The van der Waals surface area contributed by atoms with Gasteiger partial charge in [0.25, 0.3) is 0 Å². The Hall–Kier alpha value is -6.30. The number of unbranched alkanes of at least 4 members (excludes halogenated alkanes) is 1. The van der Waals surface area contributed by atoms with Crippen molar-refractivity contribution < 1.29 is 33.6 Å². The lowest BCUT2D eigenvalue weighted by Gasteiger charge is -2.28. The Bertz CT molecular complexity index is 2010. The number of nitrogens with two attached hydrogens (primary N) is 1. The number of amides is 6. The van der Waals surface area contributed by atoms with Crippen LogP contribution in [0, 0.1) is 5.41 Å². The minimum atomic E-state index is -1.07. The second kappa shape index (κ2) is 25.6. The SMILES string of the molecule is CCCC[C@@H](NC)C(=O)NC(Cc1c[nH]c2ccccc12)C(=O)NC(CCCNC(=N)N)C(=O)NCCC[C@H](NC(=O)[C@H](Cc1ccccc1)NC(C)=O)C(=O)N1CCCC1C=O. The Kier molecular flexibility index (Phi) is 20.0. The van der Waals surface area contributed by atoms with Gasteiger partial charge < -0.3 is 57.6 Å². The van der Waals surface area contributed by atoms with Gasteiger partial charge in [0.1, 0.15) is 30.5 Å². The number of carbonyl (C=O) groups excluding carboxylic acids is 7. The summed E-state index contributed by atoms with van der Waals surface area (Å²) in [4.78, 5) is 97.9. The maximum atomic E-state index is 14.2. The molecule has 0 radical (unpaired) electrons.